The molecule has 4 heteroatoms. The van der Waals surface area contributed by atoms with E-state index in [0.29, 0.717) is 0 Å². The first-order valence-electron chi connectivity index (χ1n) is 1.57. The third-order valence-electron chi connectivity index (χ3n) is 0. The minimum absolute atomic E-state index is 0. The quantitative estimate of drug-likeness (QED) is 0.224. The normalized spacial score (nSPS) is 4.29. The van der Waals surface area contributed by atoms with E-state index in [1.165, 1.54) is 0 Å². The van der Waals surface area contributed by atoms with Gasteiger partial charge in [-0.05, 0) is 0 Å². The van der Waals surface area contributed by atoms with E-state index in [1.807, 2.05) is 6.92 Å². The van der Waals surface area contributed by atoms with Crippen LogP contribution in [0.25, 0.3) is 0 Å². The summed E-state index contributed by atoms with van der Waals surface area (Å²) in [5.41, 5.74) is 0. The van der Waals surface area contributed by atoms with Crippen molar-refractivity contribution >= 4 is 0 Å². The van der Waals surface area contributed by atoms with Crippen molar-refractivity contribution < 1.29 is 17.1 Å². The molecule has 0 saturated heterocycles. The topological polar surface area (TPSA) is 52.5 Å². The molecule has 0 aliphatic rings. The molecule has 0 bridgehead atoms. The van der Waals surface area contributed by atoms with Gasteiger partial charge in [0.2, 0.25) is 0 Å². The van der Waals surface area contributed by atoms with Gasteiger partial charge in [0, 0.05) is 0 Å². The molecule has 0 N–H and O–H groups in total. The molecule has 0 aliphatic carbocycles. The predicted molar refractivity (Wildman–Crippen MR) is 24.8 cm³/mol. The van der Waals surface area contributed by atoms with Crippen molar-refractivity contribution in [1.29, 1.82) is 0 Å². The van der Waals surface area contributed by atoms with Gasteiger partial charge in [-0.1, -0.05) is 6.92 Å². The third-order valence-corrected chi connectivity index (χ3v) is 0. The fourth-order valence-electron chi connectivity index (χ4n) is 0. The van der Waals surface area contributed by atoms with E-state index < -0.39 is 0 Å². The Bertz CT molecular complexity index is 26.9. The Balaban J connectivity index is -0.0000000400. The average Bonchev–Trinajstić information content (AvgIpc) is 1.39. The summed E-state index contributed by atoms with van der Waals surface area (Å²) in [5.74, 6) is 0. The van der Waals surface area contributed by atoms with Crippen LogP contribution in [-0.4, -0.2) is 0 Å². The molecule has 0 aromatic rings. The fourth-order valence-corrected chi connectivity index (χ4v) is 0. The summed E-state index contributed by atoms with van der Waals surface area (Å²) in [6.45, 7) is 5.50. The zero-order valence-electron chi connectivity index (χ0n) is 4.03. The molecule has 0 aliphatic heterocycles. The molecule has 0 saturated carbocycles. The van der Waals surface area contributed by atoms with Crippen LogP contribution in [-0.2, 0) is 17.1 Å². The maximum absolute atomic E-state index is 8.00. The molecular weight excluding hydrogens is 138 g/mol. The van der Waals surface area contributed by atoms with Gasteiger partial charge in [0.1, 0.15) is 0 Å². The molecule has 3 nitrogen and oxygen atoms in total. The summed E-state index contributed by atoms with van der Waals surface area (Å²) in [7, 11) is 0. The van der Waals surface area contributed by atoms with Gasteiger partial charge < -0.3 is 17.0 Å². The molecule has 0 atom stereocenters. The van der Waals surface area contributed by atoms with E-state index >= 15 is 0 Å². The summed E-state index contributed by atoms with van der Waals surface area (Å²) in [5, 5.41) is 9.00. The van der Waals surface area contributed by atoms with Crippen LogP contribution < -0.4 is 0 Å². The molecule has 0 spiro atoms. The predicted octanol–water partition coefficient (Wildman–Crippen LogP) is 1.48. The van der Waals surface area contributed by atoms with Gasteiger partial charge in [0.05, 0.1) is 0 Å². The molecule has 44 valence electrons. The van der Waals surface area contributed by atoms with Gasteiger partial charge in [-0.2, -0.15) is 6.42 Å². The number of hydrogen-bond acceptors (Lipinski definition) is 3. The van der Waals surface area contributed by atoms with Gasteiger partial charge in [-0.25, -0.2) is 0 Å². The molecule has 0 fully saturated rings. The summed E-state index contributed by atoms with van der Waals surface area (Å²) in [6, 6.07) is 0. The van der Waals surface area contributed by atoms with E-state index in [-0.39, 0.29) is 17.1 Å². The first-order valence-corrected chi connectivity index (χ1v) is 1.57. The second kappa shape index (κ2) is 38.9. The number of nitrogens with zero attached hydrogens (tertiary/aromatic N) is 1. The molecule has 0 heterocycles. The summed E-state index contributed by atoms with van der Waals surface area (Å²) in [6.07, 6.45) is 1.00. The Morgan fingerprint density at radius 2 is 1.86 bits per heavy atom. The molecule has 0 radical (unpaired) electrons. The molecule has 0 rings (SSSR count). The van der Waals surface area contributed by atoms with Crippen LogP contribution in [0, 0.1) is 17.0 Å². The van der Waals surface area contributed by atoms with E-state index in [4.69, 9.17) is 10.1 Å². The average molecular weight is 145 g/mol. The Hall–Kier alpha value is -0.0805. The van der Waals surface area contributed by atoms with Crippen molar-refractivity contribution in [2.75, 3.05) is 0 Å². The molecule has 7 heavy (non-hydrogen) atoms. The second-order valence-corrected chi connectivity index (χ2v) is 0.575. The van der Waals surface area contributed by atoms with Crippen LogP contribution in [0.4, 0.5) is 0 Å². The second-order valence-electron chi connectivity index (χ2n) is 0.575. The minimum Gasteiger partial charge on any atom is -0.444 e. The Kier molecular flexibility index (Phi) is 87.7. The molecule has 0 aromatic carbocycles. The summed E-state index contributed by atoms with van der Waals surface area (Å²) in [4.78, 5) is 8.00. The van der Waals surface area contributed by atoms with Crippen molar-refractivity contribution in [2.45, 2.75) is 13.3 Å². The summed E-state index contributed by atoms with van der Waals surface area (Å²) >= 11 is 0. The maximum Gasteiger partial charge on any atom is 2.00 e. The minimum atomic E-state index is 0. The van der Waals surface area contributed by atoms with Crippen molar-refractivity contribution in [2.24, 2.45) is 5.34 Å². The Morgan fingerprint density at radius 1 is 1.86 bits per heavy atom. The first-order chi connectivity index (χ1) is 2.83. The van der Waals surface area contributed by atoms with E-state index in [2.05, 4.69) is 6.92 Å². The van der Waals surface area contributed by atoms with Gasteiger partial charge in [0.25, 0.3) is 0 Å². The van der Waals surface area contributed by atoms with E-state index in [9.17, 15) is 0 Å². The van der Waals surface area contributed by atoms with Crippen LogP contribution >= 0.6 is 0 Å². The zero-order valence-corrected chi connectivity index (χ0v) is 5.14. The van der Waals surface area contributed by atoms with Crippen LogP contribution in [0.3, 0.4) is 0 Å². The van der Waals surface area contributed by atoms with Crippen LogP contribution in [0.1, 0.15) is 13.3 Å². The molecule has 0 unspecified atom stereocenters. The summed E-state index contributed by atoms with van der Waals surface area (Å²) < 4.78 is 0. The zero-order chi connectivity index (χ0) is 5.41. The van der Waals surface area contributed by atoms with Crippen LogP contribution in [0.15, 0.2) is 5.34 Å². The van der Waals surface area contributed by atoms with Crippen molar-refractivity contribution in [3.63, 3.8) is 0 Å². The number of rotatable bonds is 0. The van der Waals surface area contributed by atoms with Gasteiger partial charge in [-0.15, -0.1) is 5.34 Å². The smallest absolute Gasteiger partial charge is 0.444 e. The maximum atomic E-state index is 8.00. The van der Waals surface area contributed by atoms with E-state index in [0.717, 1.165) is 11.8 Å². The number of hydrogen-bond donors (Lipinski definition) is 0. The van der Waals surface area contributed by atoms with Gasteiger partial charge in [-0.3, -0.25) is 0 Å². The third kappa shape index (κ3) is 14000. The monoisotopic (exact) mass is 145 g/mol. The van der Waals surface area contributed by atoms with Gasteiger partial charge >= 0.3 is 17.1 Å². The van der Waals surface area contributed by atoms with Crippen LogP contribution in [0.2, 0.25) is 0 Å². The largest absolute Gasteiger partial charge is 2.00 e. The standard InChI is InChI=1S/C3H7.Fe.HNO2/c1-3-2;;2-1-3/h1,3H2,2H3;;(H,2,3)/q-1;+2;/p-1. The molecular formula is C3H7FeNO2. The van der Waals surface area contributed by atoms with Gasteiger partial charge in [0.15, 0.2) is 0 Å². The van der Waals surface area contributed by atoms with E-state index in [1.54, 1.807) is 0 Å². The fraction of sp³-hybridized carbons (Fsp3) is 0.667. The van der Waals surface area contributed by atoms with Crippen LogP contribution in [0.5, 0.6) is 0 Å². The SMILES string of the molecule is O=N[O-].[CH2-]CC.[Fe+2]. The Labute approximate surface area is 53.5 Å². The molecule has 0 aromatic heterocycles. The van der Waals surface area contributed by atoms with Crippen molar-refractivity contribution in [1.82, 2.24) is 0 Å². The molecule has 0 amide bonds. The van der Waals surface area contributed by atoms with Crippen molar-refractivity contribution in [3.05, 3.63) is 17.0 Å². The van der Waals surface area contributed by atoms with Crippen molar-refractivity contribution in [3.8, 4) is 0 Å². The first kappa shape index (κ1) is 15.8. The Morgan fingerprint density at radius 3 is 1.86 bits per heavy atom.